The van der Waals surface area contributed by atoms with E-state index in [1.54, 1.807) is 0 Å². The van der Waals surface area contributed by atoms with Gasteiger partial charge in [-0.1, -0.05) is 31.1 Å². The van der Waals surface area contributed by atoms with E-state index >= 15 is 0 Å². The number of nitrogens with one attached hydrogen (secondary N) is 2. The molecule has 4 heteroatoms. The van der Waals surface area contributed by atoms with E-state index in [1.165, 1.54) is 31.3 Å². The molecule has 132 valence electrons. The molecule has 0 atom stereocenters. The van der Waals surface area contributed by atoms with Crippen LogP contribution >= 0.6 is 0 Å². The molecule has 0 unspecified atom stereocenters. The van der Waals surface area contributed by atoms with Crippen LogP contribution in [0.2, 0.25) is 0 Å². The van der Waals surface area contributed by atoms with Gasteiger partial charge in [-0.15, -0.1) is 0 Å². The smallest absolute Gasteiger partial charge is 0.239 e. The number of carbonyl (C=O) groups is 1. The van der Waals surface area contributed by atoms with Gasteiger partial charge in [0.05, 0.1) is 13.2 Å². The Morgan fingerprint density at radius 1 is 1.29 bits per heavy atom. The first-order valence-electron chi connectivity index (χ1n) is 9.19. The number of allylic oxidation sites excluding steroid dienone is 1. The Morgan fingerprint density at radius 3 is 3.00 bits per heavy atom. The van der Waals surface area contributed by atoms with Crippen LogP contribution < -0.4 is 15.4 Å². The molecule has 1 amide bonds. The largest absolute Gasteiger partial charge is 0.494 e. The van der Waals surface area contributed by atoms with E-state index < -0.39 is 0 Å². The summed E-state index contributed by atoms with van der Waals surface area (Å²) in [5.74, 6) is 0.877. The fourth-order valence-electron chi connectivity index (χ4n) is 2.77. The SMILES string of the molecule is CCCCOc1cccc(NCC(=O)NCCC2=CCCCC2)c1. The Kier molecular flexibility index (Phi) is 8.22. The summed E-state index contributed by atoms with van der Waals surface area (Å²) >= 11 is 0. The van der Waals surface area contributed by atoms with E-state index in [0.29, 0.717) is 0 Å². The number of hydrogen-bond acceptors (Lipinski definition) is 3. The molecule has 0 saturated carbocycles. The summed E-state index contributed by atoms with van der Waals surface area (Å²) in [7, 11) is 0. The second-order valence-electron chi connectivity index (χ2n) is 6.29. The topological polar surface area (TPSA) is 50.4 Å². The van der Waals surface area contributed by atoms with Crippen LogP contribution in [-0.4, -0.2) is 25.6 Å². The van der Waals surface area contributed by atoms with Gasteiger partial charge in [-0.25, -0.2) is 0 Å². The molecule has 0 saturated heterocycles. The molecule has 0 spiro atoms. The van der Waals surface area contributed by atoms with Crippen molar-refractivity contribution in [2.24, 2.45) is 0 Å². The minimum absolute atomic E-state index is 0.0312. The van der Waals surface area contributed by atoms with Crippen molar-refractivity contribution in [2.75, 3.05) is 25.0 Å². The Bertz CT molecular complexity index is 540. The summed E-state index contributed by atoms with van der Waals surface area (Å²) in [5.41, 5.74) is 2.40. The lowest BCUT2D eigenvalue weighted by Crippen LogP contribution is -2.30. The van der Waals surface area contributed by atoms with Gasteiger partial charge in [0.25, 0.3) is 0 Å². The van der Waals surface area contributed by atoms with Gasteiger partial charge in [0.2, 0.25) is 5.91 Å². The molecule has 2 N–H and O–H groups in total. The molecule has 1 aromatic rings. The summed E-state index contributed by atoms with van der Waals surface area (Å²) < 4.78 is 5.68. The van der Waals surface area contributed by atoms with E-state index in [-0.39, 0.29) is 12.5 Å². The number of amides is 1. The molecule has 4 nitrogen and oxygen atoms in total. The number of rotatable bonds is 10. The van der Waals surface area contributed by atoms with Gasteiger partial charge in [-0.05, 0) is 50.7 Å². The number of benzene rings is 1. The average Bonchev–Trinajstić information content (AvgIpc) is 2.62. The fraction of sp³-hybridized carbons (Fsp3) is 0.550. The standard InChI is InChI=1S/C20H30N2O2/c1-2-3-14-24-19-11-7-10-18(15-19)22-16-20(23)21-13-12-17-8-5-4-6-9-17/h7-8,10-11,15,22H,2-6,9,12-14,16H2,1H3,(H,21,23). The van der Waals surface area contributed by atoms with E-state index in [4.69, 9.17) is 4.74 Å². The van der Waals surface area contributed by atoms with Gasteiger partial charge in [0.15, 0.2) is 0 Å². The molecule has 0 bridgehead atoms. The van der Waals surface area contributed by atoms with Crippen molar-refractivity contribution in [1.29, 1.82) is 0 Å². The molecule has 0 radical (unpaired) electrons. The van der Waals surface area contributed by atoms with Gasteiger partial charge < -0.3 is 15.4 Å². The van der Waals surface area contributed by atoms with E-state index in [9.17, 15) is 4.79 Å². The van der Waals surface area contributed by atoms with Gasteiger partial charge in [-0.3, -0.25) is 4.79 Å². The summed E-state index contributed by atoms with van der Waals surface area (Å²) in [6, 6.07) is 7.78. The lowest BCUT2D eigenvalue weighted by atomic mass is 9.97. The van der Waals surface area contributed by atoms with Crippen molar-refractivity contribution in [2.45, 2.75) is 51.9 Å². The van der Waals surface area contributed by atoms with Gasteiger partial charge in [0, 0.05) is 18.3 Å². The van der Waals surface area contributed by atoms with E-state index in [0.717, 1.165) is 43.9 Å². The third-order valence-electron chi connectivity index (χ3n) is 4.21. The highest BCUT2D eigenvalue weighted by Gasteiger charge is 2.05. The minimum Gasteiger partial charge on any atom is -0.494 e. The Labute approximate surface area is 145 Å². The molecule has 2 rings (SSSR count). The number of hydrogen-bond donors (Lipinski definition) is 2. The van der Waals surface area contributed by atoms with Crippen molar-refractivity contribution in [3.05, 3.63) is 35.9 Å². The van der Waals surface area contributed by atoms with Crippen LogP contribution in [0.4, 0.5) is 5.69 Å². The normalized spacial score (nSPS) is 14.0. The molecule has 1 aliphatic rings. The van der Waals surface area contributed by atoms with Gasteiger partial charge >= 0.3 is 0 Å². The van der Waals surface area contributed by atoms with Crippen LogP contribution in [0.25, 0.3) is 0 Å². The molecule has 1 aromatic carbocycles. The summed E-state index contributed by atoms with van der Waals surface area (Å²) in [6.45, 7) is 3.89. The first-order chi connectivity index (χ1) is 11.8. The molecule has 0 aromatic heterocycles. The Morgan fingerprint density at radius 2 is 2.21 bits per heavy atom. The monoisotopic (exact) mass is 330 g/mol. The predicted molar refractivity (Wildman–Crippen MR) is 99.5 cm³/mol. The maximum Gasteiger partial charge on any atom is 0.239 e. The lowest BCUT2D eigenvalue weighted by Gasteiger charge is -2.13. The molecular formula is C20H30N2O2. The van der Waals surface area contributed by atoms with Crippen LogP contribution in [0, 0.1) is 0 Å². The Balaban J connectivity index is 1.65. The first kappa shape index (κ1) is 18.4. The highest BCUT2D eigenvalue weighted by atomic mass is 16.5. The molecule has 1 aliphatic carbocycles. The molecule has 24 heavy (non-hydrogen) atoms. The zero-order chi connectivity index (χ0) is 17.0. The second-order valence-corrected chi connectivity index (χ2v) is 6.29. The summed E-state index contributed by atoms with van der Waals surface area (Å²) in [4.78, 5) is 11.9. The van der Waals surface area contributed by atoms with Crippen LogP contribution in [0.15, 0.2) is 35.9 Å². The zero-order valence-electron chi connectivity index (χ0n) is 14.8. The van der Waals surface area contributed by atoms with Crippen molar-refractivity contribution in [3.63, 3.8) is 0 Å². The summed E-state index contributed by atoms with van der Waals surface area (Å²) in [6.07, 6.45) is 10.5. The molecule has 0 aliphatic heterocycles. The van der Waals surface area contributed by atoms with Gasteiger partial charge in [0.1, 0.15) is 5.75 Å². The molecule has 0 fully saturated rings. The highest BCUT2D eigenvalue weighted by molar-refractivity contribution is 5.80. The zero-order valence-corrected chi connectivity index (χ0v) is 14.8. The van der Waals surface area contributed by atoms with Crippen LogP contribution in [0.1, 0.15) is 51.9 Å². The molecular weight excluding hydrogens is 300 g/mol. The number of ether oxygens (including phenoxy) is 1. The van der Waals surface area contributed by atoms with Crippen LogP contribution in [0.3, 0.4) is 0 Å². The average molecular weight is 330 g/mol. The first-order valence-corrected chi connectivity index (χ1v) is 9.19. The Hall–Kier alpha value is -1.97. The molecule has 0 heterocycles. The van der Waals surface area contributed by atoms with Crippen molar-refractivity contribution < 1.29 is 9.53 Å². The van der Waals surface area contributed by atoms with Crippen LogP contribution in [-0.2, 0) is 4.79 Å². The number of unbranched alkanes of at least 4 members (excludes halogenated alkanes) is 1. The maximum absolute atomic E-state index is 11.9. The van der Waals surface area contributed by atoms with Crippen molar-refractivity contribution in [3.8, 4) is 5.75 Å². The lowest BCUT2D eigenvalue weighted by molar-refractivity contribution is -0.119. The quantitative estimate of drug-likeness (QED) is 0.497. The summed E-state index contributed by atoms with van der Waals surface area (Å²) in [5, 5.41) is 6.14. The van der Waals surface area contributed by atoms with Crippen molar-refractivity contribution in [1.82, 2.24) is 5.32 Å². The van der Waals surface area contributed by atoms with Crippen molar-refractivity contribution >= 4 is 11.6 Å². The third kappa shape index (κ3) is 7.07. The van der Waals surface area contributed by atoms with Gasteiger partial charge in [-0.2, -0.15) is 0 Å². The fourth-order valence-corrected chi connectivity index (χ4v) is 2.77. The second kappa shape index (κ2) is 10.7. The maximum atomic E-state index is 11.9. The predicted octanol–water partition coefficient (Wildman–Crippen LogP) is 4.28. The number of carbonyl (C=O) groups excluding carboxylic acids is 1. The highest BCUT2D eigenvalue weighted by Crippen LogP contribution is 2.19. The third-order valence-corrected chi connectivity index (χ3v) is 4.21. The number of anilines is 1. The van der Waals surface area contributed by atoms with Crippen LogP contribution in [0.5, 0.6) is 5.75 Å². The minimum atomic E-state index is 0.0312. The van der Waals surface area contributed by atoms with E-state index in [2.05, 4.69) is 23.6 Å². The van der Waals surface area contributed by atoms with E-state index in [1.807, 2.05) is 24.3 Å².